The molecule has 36 heteroatoms. The predicted molar refractivity (Wildman–Crippen MR) is 351 cm³/mol. The number of methoxy groups -OCH3 is 2. The molecule has 0 aromatic heterocycles. The molecule has 0 aliphatic heterocycles. The van der Waals surface area contributed by atoms with Crippen molar-refractivity contribution in [2.45, 2.75) is 242 Å². The van der Waals surface area contributed by atoms with Crippen molar-refractivity contribution in [2.75, 3.05) is 40.9 Å². The van der Waals surface area contributed by atoms with Gasteiger partial charge in [-0.2, -0.15) is 0 Å². The van der Waals surface area contributed by atoms with Crippen molar-refractivity contribution in [1.29, 1.82) is 0 Å². The first kappa shape index (κ1) is 91.0. The number of ether oxygens (including phenoxy) is 11. The average Bonchev–Trinajstić information content (AvgIpc) is 1.62. The number of aliphatic carboxylic acids is 2. The van der Waals surface area contributed by atoms with Crippen LogP contribution in [0.15, 0.2) is 36.5 Å². The molecule has 0 aromatic rings. The lowest BCUT2D eigenvalue weighted by Crippen LogP contribution is -2.29. The quantitative estimate of drug-likeness (QED) is 0.0254. The van der Waals surface area contributed by atoms with Gasteiger partial charge in [0.1, 0.15) is 44.8 Å². The normalized spacial score (nSPS) is 27.9. The molecule has 0 radical (unpaired) electrons. The van der Waals surface area contributed by atoms with E-state index in [9.17, 15) is 61.4 Å². The van der Waals surface area contributed by atoms with Gasteiger partial charge in [0, 0.05) is 60.3 Å². The SMILES string of the molecule is CC(=O)O[C@@H]1C=C[C@H](O)C1.CC(=O)O[C@H]1C=C[C@@H](C)C1.CC(=O)O[C@H]1C=C[C@@H](O)C1.COC(=O)C(O[C@@H]1CC[C@H](OC(C)=O)C1)P(C)(C)=O.COC(=O)C(O[C@H]1CC[C@@H](OC(C)=O)C1)P(C)(C)=O.C[C@@H]1CC[C@H](OC(C(=O)O)P(=O)(O)O)C1.C[C@H]1CC[C@@H](OC(C(=O)O)P(=O)(O)O)C1. The van der Waals surface area contributed by atoms with Gasteiger partial charge < -0.3 is 101 Å². The van der Waals surface area contributed by atoms with Crippen LogP contribution in [0.25, 0.3) is 0 Å². The Morgan fingerprint density at radius 3 is 0.847 bits per heavy atom. The third-order valence-electron chi connectivity index (χ3n) is 15.1. The predicted octanol–water partition coefficient (Wildman–Crippen LogP) is 6.77. The molecule has 7 rings (SSSR count). The van der Waals surface area contributed by atoms with E-state index < -0.39 is 88.9 Å². The summed E-state index contributed by atoms with van der Waals surface area (Å²) in [5, 5.41) is 35.1. The molecule has 8 N–H and O–H groups in total. The molecule has 4 saturated carbocycles. The molecule has 7 aliphatic carbocycles. The summed E-state index contributed by atoms with van der Waals surface area (Å²) in [4.78, 5) is 132. The molecule has 32 nitrogen and oxygen atoms in total. The fourth-order valence-electron chi connectivity index (χ4n) is 10.7. The minimum atomic E-state index is -4.73. The maximum Gasteiger partial charge on any atom is 0.365 e. The fourth-order valence-corrected chi connectivity index (χ4v) is 14.1. The zero-order valence-electron chi connectivity index (χ0n) is 58.1. The number of esters is 7. The Labute approximate surface area is 571 Å². The van der Waals surface area contributed by atoms with Crippen molar-refractivity contribution < 1.29 is 154 Å². The minimum Gasteiger partial charge on any atom is -0.479 e. The highest BCUT2D eigenvalue weighted by atomic mass is 31.2. The second-order valence-corrected chi connectivity index (χ2v) is 35.5. The van der Waals surface area contributed by atoms with Crippen LogP contribution in [0.5, 0.6) is 0 Å². The summed E-state index contributed by atoms with van der Waals surface area (Å²) in [6.45, 7) is 19.0. The number of carbonyl (C=O) groups is 9. The molecule has 0 spiro atoms. The number of allylic oxidation sites excluding steroid dienone is 1. The van der Waals surface area contributed by atoms with Crippen LogP contribution in [0, 0.1) is 17.8 Å². The monoisotopic (exact) mass is 1480 g/mol. The summed E-state index contributed by atoms with van der Waals surface area (Å²) < 4.78 is 101. The molecule has 0 aromatic carbocycles. The van der Waals surface area contributed by atoms with E-state index in [0.717, 1.165) is 19.3 Å². The first-order chi connectivity index (χ1) is 45.1. The summed E-state index contributed by atoms with van der Waals surface area (Å²) in [5.41, 5.74) is 0. The van der Waals surface area contributed by atoms with Gasteiger partial charge in [-0.05, 0) is 133 Å². The zero-order chi connectivity index (χ0) is 75.2. The van der Waals surface area contributed by atoms with Crippen LogP contribution in [-0.4, -0.2) is 225 Å². The molecule has 4 fully saturated rings. The van der Waals surface area contributed by atoms with E-state index in [2.05, 4.69) is 22.5 Å². The molecule has 7 aliphatic rings. The van der Waals surface area contributed by atoms with Crippen LogP contribution in [0.2, 0.25) is 0 Å². The summed E-state index contributed by atoms with van der Waals surface area (Å²) in [6, 6.07) is 0. The molecular weight excluding hydrogens is 1380 g/mol. The van der Waals surface area contributed by atoms with E-state index >= 15 is 0 Å². The highest BCUT2D eigenvalue weighted by molar-refractivity contribution is 7.64. The molecule has 4 unspecified atom stereocenters. The van der Waals surface area contributed by atoms with Gasteiger partial charge in [-0.15, -0.1) is 0 Å². The van der Waals surface area contributed by atoms with Gasteiger partial charge in [-0.3, -0.25) is 33.1 Å². The van der Waals surface area contributed by atoms with Crippen LogP contribution >= 0.6 is 29.5 Å². The third-order valence-corrected chi connectivity index (χ3v) is 20.0. The number of carboxylic acid groups (broad SMARTS) is 2. The topological polar surface area (TPSA) is 485 Å². The van der Waals surface area contributed by atoms with Gasteiger partial charge in [-0.25, -0.2) is 19.2 Å². The van der Waals surface area contributed by atoms with Crippen molar-refractivity contribution >= 4 is 83.2 Å². The van der Waals surface area contributed by atoms with Gasteiger partial charge in [-0.1, -0.05) is 39.0 Å². The highest BCUT2D eigenvalue weighted by Crippen LogP contribution is 2.48. The Morgan fingerprint density at radius 2 is 0.633 bits per heavy atom. The van der Waals surface area contributed by atoms with Gasteiger partial charge in [0.15, 0.2) is 0 Å². The number of hydrogen-bond acceptors (Lipinski definition) is 26. The Morgan fingerprint density at radius 1 is 0.367 bits per heavy atom. The molecule has 0 saturated heterocycles. The van der Waals surface area contributed by atoms with Crippen LogP contribution in [0.4, 0.5) is 0 Å². The molecule has 0 bridgehead atoms. The summed E-state index contributed by atoms with van der Waals surface area (Å²) in [5.74, 6) is -10.6. The molecule has 0 heterocycles. The maximum atomic E-state index is 12.1. The first-order valence-electron chi connectivity index (χ1n) is 31.8. The summed E-state index contributed by atoms with van der Waals surface area (Å²) in [6.07, 6.45) is 18.0. The molecular formula is C62H104O32P4. The van der Waals surface area contributed by atoms with Gasteiger partial charge in [0.25, 0.3) is 11.7 Å². The number of carbonyl (C=O) groups excluding carboxylic acids is 7. The Bertz CT molecular complexity index is 2650. The smallest absolute Gasteiger partial charge is 0.365 e. The number of hydrogen-bond donors (Lipinski definition) is 8. The molecule has 98 heavy (non-hydrogen) atoms. The van der Waals surface area contributed by atoms with Crippen molar-refractivity contribution in [3.63, 3.8) is 0 Å². The summed E-state index contributed by atoms with van der Waals surface area (Å²) >= 11 is 0. The highest BCUT2D eigenvalue weighted by Gasteiger charge is 2.43. The molecule has 0 amide bonds. The number of aliphatic hydroxyl groups excluding tert-OH is 2. The largest absolute Gasteiger partial charge is 0.479 e. The lowest BCUT2D eigenvalue weighted by atomic mass is 10.1. The van der Waals surface area contributed by atoms with Crippen molar-refractivity contribution in [1.82, 2.24) is 0 Å². The van der Waals surface area contributed by atoms with E-state index in [-0.39, 0.29) is 84.8 Å². The number of aliphatic hydroxyl groups is 2. The van der Waals surface area contributed by atoms with Crippen molar-refractivity contribution in [3.05, 3.63) is 36.5 Å². The minimum absolute atomic E-state index is 0.0347. The van der Waals surface area contributed by atoms with E-state index in [1.807, 2.05) is 19.9 Å². The van der Waals surface area contributed by atoms with E-state index in [0.29, 0.717) is 94.8 Å². The fraction of sp³-hybridized carbons (Fsp3) is 0.758. The Hall–Kier alpha value is -5.03. The van der Waals surface area contributed by atoms with Crippen LogP contribution in [-0.2, 0) is 114 Å². The van der Waals surface area contributed by atoms with Crippen molar-refractivity contribution in [2.24, 2.45) is 17.8 Å². The van der Waals surface area contributed by atoms with E-state index in [1.54, 1.807) is 24.3 Å². The standard InChI is InChI=1S/2C12H21O6P.2C8H15O6P.C8H12O2.2C7H10O3/c2*1-8(13)17-9-5-6-10(7-9)18-12(11(14)16-2)19(3,4)15;2*1-5-2-3-6(4-5)14-8(7(9)10)15(11,12)13;1-6-3-4-8(5-6)10-7(2)9;2*1-5(8)10-7-3-2-6(9)4-7/h2*9-10,12H,5-7H2,1-4H3;2*5-6,8H,2-4H2,1H3,(H,9,10)(H2,11,12,13);3-4,6,8H,5H2,1-2H3;2*2-3,6-7,9H,4H2,1H3/t2*9-,10+,12?;2*5-,6+,8?;6-,8+;2*6-,7+/m1010110/s1. The number of rotatable bonds is 21. The lowest BCUT2D eigenvalue weighted by Gasteiger charge is -2.23. The zero-order valence-corrected chi connectivity index (χ0v) is 61.7. The Balaban J connectivity index is 0.000000580. The average molecular weight is 1490 g/mol. The van der Waals surface area contributed by atoms with Gasteiger partial charge in [0.2, 0.25) is 11.7 Å². The van der Waals surface area contributed by atoms with Crippen LogP contribution < -0.4 is 0 Å². The summed E-state index contributed by atoms with van der Waals surface area (Å²) in [7, 11) is -12.5. The number of carboxylic acids is 2. The molecule has 18 atom stereocenters. The Kier molecular flexibility index (Phi) is 40.6. The van der Waals surface area contributed by atoms with Gasteiger partial charge >= 0.3 is 68.9 Å². The van der Waals surface area contributed by atoms with E-state index in [1.165, 1.54) is 75.5 Å². The van der Waals surface area contributed by atoms with Crippen molar-refractivity contribution in [3.8, 4) is 0 Å². The van der Waals surface area contributed by atoms with E-state index in [4.69, 9.17) is 82.6 Å². The van der Waals surface area contributed by atoms with Crippen LogP contribution in [0.3, 0.4) is 0 Å². The third kappa shape index (κ3) is 38.7. The second-order valence-electron chi connectivity index (χ2n) is 25.6. The molecule has 564 valence electrons. The van der Waals surface area contributed by atoms with Gasteiger partial charge in [0.05, 0.1) is 50.8 Å². The second kappa shape index (κ2) is 43.7. The lowest BCUT2D eigenvalue weighted by molar-refractivity contribution is -0.153. The first-order valence-corrected chi connectivity index (χ1v) is 40.5. The van der Waals surface area contributed by atoms with Crippen LogP contribution in [0.1, 0.15) is 152 Å². The maximum absolute atomic E-state index is 12.1.